The molecule has 0 saturated carbocycles. The number of likely N-dealkylation sites (tertiary alicyclic amines) is 1. The molecule has 45 heavy (non-hydrogen) atoms. The molecule has 3 aromatic rings. The quantitative estimate of drug-likeness (QED) is 0.335. The average Bonchev–Trinajstić information content (AvgIpc) is 3.54. The van der Waals surface area contributed by atoms with Crippen molar-refractivity contribution in [1.82, 2.24) is 19.8 Å². The van der Waals surface area contributed by atoms with E-state index in [1.54, 1.807) is 6.07 Å². The summed E-state index contributed by atoms with van der Waals surface area (Å²) in [5, 5.41) is 1.75. The molecule has 240 valence electrons. The van der Waals surface area contributed by atoms with Gasteiger partial charge < -0.3 is 24.2 Å². The number of amides is 1. The van der Waals surface area contributed by atoms with Gasteiger partial charge in [0.2, 0.25) is 0 Å². The molecule has 4 aliphatic heterocycles. The maximum atomic E-state index is 14.6. The third-order valence-electron chi connectivity index (χ3n) is 9.74. The number of carbonyl (C=O) groups is 1. The first-order valence-corrected chi connectivity index (χ1v) is 16.5. The minimum Gasteiger partial charge on any atom is -0.462 e. The molecule has 0 radical (unpaired) electrons. The van der Waals surface area contributed by atoms with Crippen LogP contribution in [0.1, 0.15) is 57.7 Å². The van der Waals surface area contributed by atoms with Crippen LogP contribution in [-0.2, 0) is 17.7 Å². The lowest BCUT2D eigenvalue weighted by molar-refractivity contribution is 0.0122. The van der Waals surface area contributed by atoms with Crippen LogP contribution >= 0.6 is 11.6 Å². The number of rotatable bonds is 5. The van der Waals surface area contributed by atoms with Crippen LogP contribution in [0.25, 0.3) is 10.8 Å². The highest BCUT2D eigenvalue weighted by Crippen LogP contribution is 2.40. The van der Waals surface area contributed by atoms with Crippen molar-refractivity contribution in [3.05, 3.63) is 52.4 Å². The number of fused-ring (bicyclic) bond motifs is 4. The standard InChI is InChI=1S/C34H42ClFN6O3/c1-34(2,3)45-33(43)42-22-11-12-23(42)18-41(17-22)31-25-14-16-40(28-9-5-7-21-10-13-26(36)30(35)29(21)28)19-27(25)37-32(38-31)44-20-24-8-6-15-39(24)4/h5,7,9-10,13,22-24H,6,8,11-12,14-20H2,1-4H3/t22?,23?,24-/m0/s1. The molecule has 2 bridgehead atoms. The number of nitrogens with zero attached hydrogens (tertiary/aromatic N) is 6. The van der Waals surface area contributed by atoms with Gasteiger partial charge in [-0.15, -0.1) is 0 Å². The molecular weight excluding hydrogens is 595 g/mol. The maximum absolute atomic E-state index is 14.6. The predicted octanol–water partition coefficient (Wildman–Crippen LogP) is 6.05. The number of anilines is 2. The van der Waals surface area contributed by atoms with Crippen molar-refractivity contribution >= 4 is 40.0 Å². The first-order valence-electron chi connectivity index (χ1n) is 16.2. The van der Waals surface area contributed by atoms with Crippen molar-refractivity contribution < 1.29 is 18.7 Å². The smallest absolute Gasteiger partial charge is 0.410 e. The third kappa shape index (κ3) is 5.87. The molecule has 0 aliphatic carbocycles. The summed E-state index contributed by atoms with van der Waals surface area (Å²) < 4.78 is 26.7. The highest BCUT2D eigenvalue weighted by Gasteiger charge is 2.45. The summed E-state index contributed by atoms with van der Waals surface area (Å²) in [5.74, 6) is 0.475. The molecule has 0 spiro atoms. The molecule has 2 aromatic carbocycles. The van der Waals surface area contributed by atoms with Gasteiger partial charge in [-0.25, -0.2) is 9.18 Å². The Morgan fingerprint density at radius 3 is 2.53 bits per heavy atom. The zero-order valence-electron chi connectivity index (χ0n) is 26.6. The summed E-state index contributed by atoms with van der Waals surface area (Å²) in [4.78, 5) is 32.0. The molecule has 2 unspecified atom stereocenters. The molecular formula is C34H42ClFN6O3. The second-order valence-corrected chi connectivity index (χ2v) is 14.3. The number of aromatic nitrogens is 2. The number of carbonyl (C=O) groups excluding carboxylic acids is 1. The second-order valence-electron chi connectivity index (χ2n) is 13.9. The predicted molar refractivity (Wildman–Crippen MR) is 174 cm³/mol. The highest BCUT2D eigenvalue weighted by atomic mass is 35.5. The second kappa shape index (κ2) is 11.8. The highest BCUT2D eigenvalue weighted by molar-refractivity contribution is 6.36. The van der Waals surface area contributed by atoms with E-state index < -0.39 is 11.4 Å². The van der Waals surface area contributed by atoms with Crippen LogP contribution in [0.15, 0.2) is 30.3 Å². The largest absolute Gasteiger partial charge is 0.462 e. The van der Waals surface area contributed by atoms with E-state index in [1.807, 2.05) is 43.9 Å². The van der Waals surface area contributed by atoms with Crippen LogP contribution in [-0.4, -0.2) is 89.4 Å². The minimum absolute atomic E-state index is 0.0635. The number of piperazine rings is 1. The van der Waals surface area contributed by atoms with Gasteiger partial charge in [0.25, 0.3) is 0 Å². The number of halogens is 2. The van der Waals surface area contributed by atoms with E-state index >= 15 is 0 Å². The Bertz CT molecular complexity index is 1600. The van der Waals surface area contributed by atoms with Gasteiger partial charge in [-0.2, -0.15) is 9.97 Å². The normalized spacial score (nSPS) is 23.5. The number of hydrogen-bond acceptors (Lipinski definition) is 8. The Hall–Kier alpha value is -3.37. The fourth-order valence-corrected chi connectivity index (χ4v) is 7.79. The summed E-state index contributed by atoms with van der Waals surface area (Å²) in [7, 11) is 2.14. The fourth-order valence-electron chi connectivity index (χ4n) is 7.52. The summed E-state index contributed by atoms with van der Waals surface area (Å²) in [6, 6.07) is 9.98. The molecule has 1 aromatic heterocycles. The van der Waals surface area contributed by atoms with Crippen molar-refractivity contribution in [3.8, 4) is 6.01 Å². The van der Waals surface area contributed by atoms with Crippen LogP contribution in [0.3, 0.4) is 0 Å². The molecule has 4 aliphatic rings. The molecule has 3 atom stereocenters. The third-order valence-corrected chi connectivity index (χ3v) is 10.1. The van der Waals surface area contributed by atoms with E-state index in [-0.39, 0.29) is 23.2 Å². The summed E-state index contributed by atoms with van der Waals surface area (Å²) in [5.41, 5.74) is 2.37. The summed E-state index contributed by atoms with van der Waals surface area (Å²) >= 11 is 6.53. The molecule has 9 nitrogen and oxygen atoms in total. The Labute approximate surface area is 269 Å². The van der Waals surface area contributed by atoms with Crippen molar-refractivity contribution in [3.63, 3.8) is 0 Å². The van der Waals surface area contributed by atoms with Gasteiger partial charge in [-0.3, -0.25) is 4.90 Å². The van der Waals surface area contributed by atoms with E-state index in [2.05, 4.69) is 21.7 Å². The Kier molecular flexibility index (Phi) is 7.92. The summed E-state index contributed by atoms with van der Waals surface area (Å²) in [6.45, 7) is 9.95. The molecule has 3 fully saturated rings. The SMILES string of the molecule is CN1CCC[C@H]1COc1nc2c(c(N3CC4CCC(C3)N4C(=O)OC(C)(C)C)n1)CCN(c1cccc3ccc(F)c(Cl)c13)C2. The van der Waals surface area contributed by atoms with Gasteiger partial charge in [0.05, 0.1) is 29.3 Å². The zero-order chi connectivity index (χ0) is 31.5. The minimum atomic E-state index is -0.537. The maximum Gasteiger partial charge on any atom is 0.410 e. The monoisotopic (exact) mass is 636 g/mol. The lowest BCUT2D eigenvalue weighted by atomic mass is 10.0. The van der Waals surface area contributed by atoms with E-state index in [0.717, 1.165) is 66.8 Å². The lowest BCUT2D eigenvalue weighted by Crippen LogP contribution is -2.57. The van der Waals surface area contributed by atoms with Gasteiger partial charge in [0.1, 0.15) is 23.8 Å². The molecule has 11 heteroatoms. The zero-order valence-corrected chi connectivity index (χ0v) is 27.3. The van der Waals surface area contributed by atoms with E-state index in [4.69, 9.17) is 31.0 Å². The van der Waals surface area contributed by atoms with Crippen molar-refractivity contribution in [2.75, 3.05) is 49.6 Å². The topological polar surface area (TPSA) is 74.3 Å². The number of hydrogen-bond donors (Lipinski definition) is 0. The van der Waals surface area contributed by atoms with Gasteiger partial charge >= 0.3 is 12.1 Å². The number of likely N-dealkylation sites (N-methyl/N-ethyl adjacent to an activating group) is 1. The van der Waals surface area contributed by atoms with E-state index in [1.165, 1.54) is 6.07 Å². The van der Waals surface area contributed by atoms with Gasteiger partial charge in [0.15, 0.2) is 0 Å². The first-order chi connectivity index (χ1) is 21.6. The van der Waals surface area contributed by atoms with Gasteiger partial charge in [-0.1, -0.05) is 29.8 Å². The fraction of sp³-hybridized carbons (Fsp3) is 0.559. The van der Waals surface area contributed by atoms with Crippen LogP contribution in [0, 0.1) is 5.82 Å². The Morgan fingerprint density at radius 2 is 1.82 bits per heavy atom. The number of benzene rings is 2. The average molecular weight is 637 g/mol. The van der Waals surface area contributed by atoms with Gasteiger partial charge in [0, 0.05) is 42.3 Å². The van der Waals surface area contributed by atoms with Gasteiger partial charge in [-0.05, 0) is 84.0 Å². The Balaban J connectivity index is 1.20. The molecule has 5 heterocycles. The van der Waals surface area contributed by atoms with Crippen LogP contribution < -0.4 is 14.5 Å². The van der Waals surface area contributed by atoms with Crippen molar-refractivity contribution in [2.45, 2.75) is 83.1 Å². The molecule has 1 amide bonds. The Morgan fingerprint density at radius 1 is 1.04 bits per heavy atom. The van der Waals surface area contributed by atoms with Crippen LogP contribution in [0.2, 0.25) is 5.02 Å². The lowest BCUT2D eigenvalue weighted by Gasteiger charge is -2.43. The molecule has 7 rings (SSSR count). The first kappa shape index (κ1) is 30.3. The molecule has 3 saturated heterocycles. The van der Waals surface area contributed by atoms with Crippen LogP contribution in [0.5, 0.6) is 6.01 Å². The number of ether oxygens (including phenoxy) is 2. The van der Waals surface area contributed by atoms with E-state index in [0.29, 0.717) is 50.2 Å². The van der Waals surface area contributed by atoms with Crippen molar-refractivity contribution in [1.29, 1.82) is 0 Å². The summed E-state index contributed by atoms with van der Waals surface area (Å²) in [6.07, 6.45) is 4.63. The van der Waals surface area contributed by atoms with Crippen molar-refractivity contribution in [2.24, 2.45) is 0 Å². The van der Waals surface area contributed by atoms with Crippen LogP contribution in [0.4, 0.5) is 20.7 Å². The molecule has 0 N–H and O–H groups in total. The van der Waals surface area contributed by atoms with E-state index in [9.17, 15) is 9.18 Å².